The third-order valence-electron chi connectivity index (χ3n) is 3.14. The number of aromatic nitrogens is 1. The minimum absolute atomic E-state index is 0.109. The first-order valence-corrected chi connectivity index (χ1v) is 6.97. The van der Waals surface area contributed by atoms with E-state index in [4.69, 9.17) is 9.84 Å². The normalized spacial score (nSPS) is 10.9. The van der Waals surface area contributed by atoms with Crippen molar-refractivity contribution in [3.05, 3.63) is 41.4 Å². The van der Waals surface area contributed by atoms with Crippen molar-refractivity contribution in [3.8, 4) is 22.1 Å². The van der Waals surface area contributed by atoms with E-state index in [2.05, 4.69) is 4.98 Å². The Morgan fingerprint density at radius 3 is 2.65 bits per heavy atom. The van der Waals surface area contributed by atoms with Gasteiger partial charge in [-0.2, -0.15) is 0 Å². The molecule has 0 unspecified atom stereocenters. The average Bonchev–Trinajstić information content (AvgIpc) is 2.97. The zero-order valence-corrected chi connectivity index (χ0v) is 11.6. The summed E-state index contributed by atoms with van der Waals surface area (Å²) >= 11 is 1.38. The number of hydrogen-bond acceptors (Lipinski definition) is 5. The van der Waals surface area contributed by atoms with Gasteiger partial charge in [-0.3, -0.25) is 0 Å². The molecule has 0 saturated heterocycles. The summed E-state index contributed by atoms with van der Waals surface area (Å²) < 4.78 is 5.39. The van der Waals surface area contributed by atoms with Crippen LogP contribution in [0.4, 0.5) is 0 Å². The van der Waals surface area contributed by atoms with Crippen molar-refractivity contribution in [3.63, 3.8) is 0 Å². The van der Waals surface area contributed by atoms with Crippen molar-refractivity contribution in [2.24, 2.45) is 0 Å². The maximum atomic E-state index is 10.5. The standard InChI is InChI=1S/C15H13NO3S/c1-19-13-6-12(15-16-9(7-17)8-20-15)14(18)11-5-3-2-4-10(11)13/h2-6,8,17-18H,7H2,1H3. The van der Waals surface area contributed by atoms with E-state index in [9.17, 15) is 5.11 Å². The van der Waals surface area contributed by atoms with E-state index in [1.54, 1.807) is 18.6 Å². The van der Waals surface area contributed by atoms with Gasteiger partial charge in [0.1, 0.15) is 16.5 Å². The molecule has 102 valence electrons. The second kappa shape index (κ2) is 5.11. The maximum Gasteiger partial charge on any atom is 0.133 e. The van der Waals surface area contributed by atoms with Crippen molar-refractivity contribution in [1.82, 2.24) is 4.98 Å². The van der Waals surface area contributed by atoms with Crippen molar-refractivity contribution in [1.29, 1.82) is 0 Å². The maximum absolute atomic E-state index is 10.5. The molecule has 0 aliphatic heterocycles. The molecule has 0 atom stereocenters. The summed E-state index contributed by atoms with van der Waals surface area (Å²) in [4.78, 5) is 4.29. The highest BCUT2D eigenvalue weighted by atomic mass is 32.1. The number of aliphatic hydroxyl groups excluding tert-OH is 1. The molecule has 1 aromatic heterocycles. The number of benzene rings is 2. The largest absolute Gasteiger partial charge is 0.507 e. The van der Waals surface area contributed by atoms with Crippen LogP contribution in [0, 0.1) is 0 Å². The molecule has 2 aromatic carbocycles. The number of phenolic OH excluding ortho intramolecular Hbond substituents is 1. The first-order chi connectivity index (χ1) is 9.74. The molecule has 5 heteroatoms. The van der Waals surface area contributed by atoms with Crippen LogP contribution in [0.2, 0.25) is 0 Å². The monoisotopic (exact) mass is 287 g/mol. The molecule has 0 amide bonds. The summed E-state index contributed by atoms with van der Waals surface area (Å²) in [5.74, 6) is 0.870. The Kier molecular flexibility index (Phi) is 3.30. The van der Waals surface area contributed by atoms with Gasteiger partial charge >= 0.3 is 0 Å². The molecule has 0 saturated carbocycles. The molecule has 3 aromatic rings. The Hall–Kier alpha value is -2.11. The molecule has 0 bridgehead atoms. The van der Waals surface area contributed by atoms with E-state index < -0.39 is 0 Å². The van der Waals surface area contributed by atoms with E-state index >= 15 is 0 Å². The van der Waals surface area contributed by atoms with E-state index in [0.29, 0.717) is 22.0 Å². The molecule has 1 heterocycles. The van der Waals surface area contributed by atoms with Crippen LogP contribution in [-0.4, -0.2) is 22.3 Å². The molecule has 0 aliphatic rings. The van der Waals surface area contributed by atoms with Gasteiger partial charge in [0.15, 0.2) is 0 Å². The number of thiazole rings is 1. The lowest BCUT2D eigenvalue weighted by atomic mass is 10.0. The van der Waals surface area contributed by atoms with E-state index in [1.807, 2.05) is 24.3 Å². The van der Waals surface area contributed by atoms with Gasteiger partial charge in [-0.25, -0.2) is 4.98 Å². The number of methoxy groups -OCH3 is 1. The van der Waals surface area contributed by atoms with Crippen LogP contribution in [0.15, 0.2) is 35.7 Å². The Morgan fingerprint density at radius 2 is 2.00 bits per heavy atom. The Morgan fingerprint density at radius 1 is 1.25 bits per heavy atom. The van der Waals surface area contributed by atoms with Gasteiger partial charge in [-0.05, 0) is 6.07 Å². The van der Waals surface area contributed by atoms with Gasteiger partial charge in [0.2, 0.25) is 0 Å². The molecule has 2 N–H and O–H groups in total. The fraction of sp³-hybridized carbons (Fsp3) is 0.133. The second-order valence-corrected chi connectivity index (χ2v) is 5.18. The molecular weight excluding hydrogens is 274 g/mol. The number of rotatable bonds is 3. The van der Waals surface area contributed by atoms with Gasteiger partial charge < -0.3 is 14.9 Å². The number of ether oxygens (including phenoxy) is 1. The van der Waals surface area contributed by atoms with Crippen LogP contribution < -0.4 is 4.74 Å². The van der Waals surface area contributed by atoms with Gasteiger partial charge in [-0.1, -0.05) is 24.3 Å². The number of hydrogen-bond donors (Lipinski definition) is 2. The van der Waals surface area contributed by atoms with Crippen LogP contribution in [0.1, 0.15) is 5.69 Å². The van der Waals surface area contributed by atoms with Crippen LogP contribution >= 0.6 is 11.3 Å². The minimum atomic E-state index is -0.109. The smallest absolute Gasteiger partial charge is 0.133 e. The fourth-order valence-electron chi connectivity index (χ4n) is 2.16. The SMILES string of the molecule is COc1cc(-c2nc(CO)cs2)c(O)c2ccccc12. The van der Waals surface area contributed by atoms with Crippen LogP contribution in [0.25, 0.3) is 21.3 Å². The molecule has 4 nitrogen and oxygen atoms in total. The lowest BCUT2D eigenvalue weighted by Crippen LogP contribution is -1.89. The van der Waals surface area contributed by atoms with Crippen LogP contribution in [-0.2, 0) is 6.61 Å². The van der Waals surface area contributed by atoms with E-state index in [-0.39, 0.29) is 12.4 Å². The molecule has 20 heavy (non-hydrogen) atoms. The Bertz CT molecular complexity index is 767. The summed E-state index contributed by atoms with van der Waals surface area (Å²) in [5.41, 5.74) is 1.21. The summed E-state index contributed by atoms with van der Waals surface area (Å²) in [5, 5.41) is 23.6. The summed E-state index contributed by atoms with van der Waals surface area (Å²) in [7, 11) is 1.60. The first kappa shape index (κ1) is 12.9. The fourth-order valence-corrected chi connectivity index (χ4v) is 2.99. The number of fused-ring (bicyclic) bond motifs is 1. The molecular formula is C15H13NO3S. The first-order valence-electron chi connectivity index (χ1n) is 6.09. The lowest BCUT2D eigenvalue weighted by molar-refractivity contribution is 0.278. The third kappa shape index (κ3) is 2.01. The van der Waals surface area contributed by atoms with Gasteiger partial charge in [0, 0.05) is 16.2 Å². The zero-order valence-electron chi connectivity index (χ0n) is 10.8. The molecule has 0 radical (unpaired) electrons. The number of aromatic hydroxyl groups is 1. The van der Waals surface area contributed by atoms with Crippen LogP contribution in [0.5, 0.6) is 11.5 Å². The van der Waals surface area contributed by atoms with Crippen molar-refractivity contribution >= 4 is 22.1 Å². The highest BCUT2D eigenvalue weighted by Crippen LogP contribution is 2.41. The summed E-state index contributed by atoms with van der Waals surface area (Å²) in [6, 6.07) is 9.29. The van der Waals surface area contributed by atoms with E-state index in [1.165, 1.54) is 11.3 Å². The van der Waals surface area contributed by atoms with Gasteiger partial charge in [0.25, 0.3) is 0 Å². The topological polar surface area (TPSA) is 62.6 Å². The van der Waals surface area contributed by atoms with E-state index in [0.717, 1.165) is 10.8 Å². The Labute approximate surface area is 119 Å². The third-order valence-corrected chi connectivity index (χ3v) is 4.07. The van der Waals surface area contributed by atoms with Crippen molar-refractivity contribution < 1.29 is 14.9 Å². The van der Waals surface area contributed by atoms with Gasteiger partial charge in [0.05, 0.1) is 25.0 Å². The Balaban J connectivity index is 2.28. The number of aliphatic hydroxyl groups is 1. The second-order valence-electron chi connectivity index (χ2n) is 4.32. The summed E-state index contributed by atoms with van der Waals surface area (Å²) in [6.45, 7) is -0.109. The minimum Gasteiger partial charge on any atom is -0.507 e. The highest BCUT2D eigenvalue weighted by Gasteiger charge is 2.15. The van der Waals surface area contributed by atoms with Gasteiger partial charge in [-0.15, -0.1) is 11.3 Å². The molecule has 0 fully saturated rings. The number of nitrogens with zero attached hydrogens (tertiary/aromatic N) is 1. The van der Waals surface area contributed by atoms with Crippen molar-refractivity contribution in [2.75, 3.05) is 7.11 Å². The predicted octanol–water partition coefficient (Wildman–Crippen LogP) is 3.17. The number of phenols is 1. The lowest BCUT2D eigenvalue weighted by Gasteiger charge is -2.10. The zero-order chi connectivity index (χ0) is 14.1. The average molecular weight is 287 g/mol. The molecule has 0 aliphatic carbocycles. The highest BCUT2D eigenvalue weighted by molar-refractivity contribution is 7.13. The quantitative estimate of drug-likeness (QED) is 0.776. The van der Waals surface area contributed by atoms with Crippen molar-refractivity contribution in [2.45, 2.75) is 6.61 Å². The van der Waals surface area contributed by atoms with Crippen LogP contribution in [0.3, 0.4) is 0 Å². The molecule has 0 spiro atoms. The predicted molar refractivity (Wildman–Crippen MR) is 79.2 cm³/mol. The molecule has 3 rings (SSSR count). The summed E-state index contributed by atoms with van der Waals surface area (Å²) in [6.07, 6.45) is 0.